The summed E-state index contributed by atoms with van der Waals surface area (Å²) >= 11 is 0. The highest BCUT2D eigenvalue weighted by Gasteiger charge is 2.31. The van der Waals surface area contributed by atoms with Crippen molar-refractivity contribution in [3.05, 3.63) is 300 Å². The zero-order valence-corrected chi connectivity index (χ0v) is 69.8. The predicted octanol–water partition coefficient (Wildman–Crippen LogP) is 24.2. The molecule has 0 atom stereocenters. The van der Waals surface area contributed by atoms with Gasteiger partial charge in [0.05, 0.1) is 59.1 Å². The molecule has 124 heavy (non-hydrogen) atoms. The normalized spacial score (nSPS) is 10.8. The standard InChI is InChI=1S/C28H25NO4.C28H28O5.C22H21NO4.C22H24O5.4CH4/c1-4-28(2,3)27(31)33-25-16-14-24(15-17-25)32-26(30)18-9-20-5-10-22(11-6-20)23-12-7-21(19-29)8-13-23;1-5-28(2,3)27(30)33-25-17-15-24(16-18-25)32-26(29)19-8-20-6-9-21(10-7-20)22-11-13-23(31-4)14-12-22;1-4-22(2,3)21(25)27-19-12-10-18(11-13-19)26-20(24)14-9-16-5-7-17(15-23)8-6-16;1-5-22(2,3)21(24)27-19-13-11-18(12-14-19)26-20(23)15-8-16-6-9-17(25-4)10-7-16;;;;/h5-18H,4H2,1-3H3;6-19H,5H2,1-4H3;5-14H,4H2,1-3H3;6-15H,5H2,1-4H3;4*1H4/b18-9+;19-8+;14-9+;15-8+;;;;. The Morgan fingerprint density at radius 2 is 0.403 bits per heavy atom. The number of benzene rings is 10. The summed E-state index contributed by atoms with van der Waals surface area (Å²) in [4.78, 5) is 96.5. The van der Waals surface area contributed by atoms with E-state index in [1.54, 1.807) is 172 Å². The summed E-state index contributed by atoms with van der Waals surface area (Å²) in [7, 11) is 3.24. The first-order chi connectivity index (χ1) is 57.3. The molecule has 20 nitrogen and oxygen atoms in total. The number of rotatable bonds is 28. The van der Waals surface area contributed by atoms with Crippen LogP contribution >= 0.6 is 0 Å². The van der Waals surface area contributed by atoms with Crippen LogP contribution in [0.15, 0.2) is 267 Å². The summed E-state index contributed by atoms with van der Waals surface area (Å²) < 4.78 is 52.8. The Labute approximate surface area is 730 Å². The molecule has 0 unspecified atom stereocenters. The molecule has 0 aliphatic carbocycles. The Morgan fingerprint density at radius 1 is 0.250 bits per heavy atom. The van der Waals surface area contributed by atoms with Crippen LogP contribution in [-0.2, 0) is 38.4 Å². The van der Waals surface area contributed by atoms with Gasteiger partial charge in [0, 0.05) is 24.3 Å². The number of esters is 8. The zero-order chi connectivity index (χ0) is 87.4. The lowest BCUT2D eigenvalue weighted by Gasteiger charge is -2.20. The van der Waals surface area contributed by atoms with Crippen LogP contribution in [0.5, 0.6) is 57.5 Å². The molecule has 0 fully saturated rings. The molecule has 0 aromatic heterocycles. The van der Waals surface area contributed by atoms with E-state index in [4.69, 9.17) is 57.9 Å². The fraction of sp³-hybridized carbons (Fsp3) is 0.250. The Kier molecular flexibility index (Phi) is 42.3. The van der Waals surface area contributed by atoms with Gasteiger partial charge >= 0.3 is 47.8 Å². The van der Waals surface area contributed by atoms with E-state index in [1.807, 2.05) is 198 Å². The summed E-state index contributed by atoms with van der Waals surface area (Å²) in [6, 6.07) is 74.4. The molecule has 20 heteroatoms. The van der Waals surface area contributed by atoms with Crippen molar-refractivity contribution in [1.82, 2.24) is 0 Å². The maximum absolute atomic E-state index is 12.2. The molecular weight excluding hydrogens is 1570 g/mol. The summed E-state index contributed by atoms with van der Waals surface area (Å²) in [5.74, 6) is 1.39. The van der Waals surface area contributed by atoms with Gasteiger partial charge in [-0.2, -0.15) is 10.5 Å². The second kappa shape index (κ2) is 50.5. The maximum atomic E-state index is 12.2. The smallest absolute Gasteiger partial charge is 0.336 e. The molecule has 10 aromatic carbocycles. The average molecular weight is 1680 g/mol. The number of hydrogen-bond donors (Lipinski definition) is 0. The topological polar surface area (TPSA) is 276 Å². The molecule has 10 aromatic rings. The van der Waals surface area contributed by atoms with Crippen molar-refractivity contribution in [3.63, 3.8) is 0 Å². The monoisotopic (exact) mass is 1680 g/mol. The van der Waals surface area contributed by atoms with Crippen LogP contribution in [0.25, 0.3) is 46.6 Å². The molecule has 0 amide bonds. The van der Waals surface area contributed by atoms with E-state index in [2.05, 4.69) is 6.07 Å². The highest BCUT2D eigenvalue weighted by atomic mass is 16.6. The number of nitriles is 2. The second-order valence-electron chi connectivity index (χ2n) is 29.6. The molecule has 10 rings (SSSR count). The third kappa shape index (κ3) is 34.0. The quantitative estimate of drug-likeness (QED) is 0.0250. The number of carbonyl (C=O) groups is 8. The third-order valence-electron chi connectivity index (χ3n) is 19.2. The minimum Gasteiger partial charge on any atom is -0.497 e. The van der Waals surface area contributed by atoms with E-state index >= 15 is 0 Å². The van der Waals surface area contributed by atoms with Crippen molar-refractivity contribution >= 4 is 72.1 Å². The maximum Gasteiger partial charge on any atom is 0.336 e. The molecule has 0 N–H and O–H groups in total. The van der Waals surface area contributed by atoms with Crippen molar-refractivity contribution < 1.29 is 85.7 Å². The number of nitrogens with zero attached hydrogens (tertiary/aromatic N) is 2. The SMILES string of the molecule is C.C.C.C.CCC(C)(C)C(=O)Oc1ccc(OC(=O)/C=C/c2ccc(-c3ccc(C#N)cc3)cc2)cc1.CCC(C)(C)C(=O)Oc1ccc(OC(=O)/C=C/c2ccc(-c3ccc(OC)cc3)cc2)cc1.CCC(C)(C)C(=O)Oc1ccc(OC(=O)/C=C/c2ccc(C#N)cc2)cc1.CCC(C)(C)C(=O)Oc1ccc(OC(=O)/C=C/c2ccc(OC)cc2)cc1. The van der Waals surface area contributed by atoms with Gasteiger partial charge in [0.2, 0.25) is 0 Å². The van der Waals surface area contributed by atoms with Gasteiger partial charge in [-0.1, -0.05) is 154 Å². The average Bonchev–Trinajstić information content (AvgIpc) is 0.867. The lowest BCUT2D eigenvalue weighted by Crippen LogP contribution is -2.28. The van der Waals surface area contributed by atoms with E-state index in [9.17, 15) is 38.4 Å². The number of carbonyl (C=O) groups excluding carboxylic acids is 8. The predicted molar refractivity (Wildman–Crippen MR) is 489 cm³/mol. The largest absolute Gasteiger partial charge is 0.497 e. The Hall–Kier alpha value is -14.5. The Morgan fingerprint density at radius 3 is 0.597 bits per heavy atom. The van der Waals surface area contributed by atoms with Gasteiger partial charge in [0.15, 0.2) is 0 Å². The number of methoxy groups -OCH3 is 2. The van der Waals surface area contributed by atoms with Crippen molar-refractivity contribution in [2.24, 2.45) is 21.7 Å². The van der Waals surface area contributed by atoms with Gasteiger partial charge in [-0.3, -0.25) is 19.2 Å². The van der Waals surface area contributed by atoms with Crippen LogP contribution in [0, 0.1) is 44.3 Å². The molecule has 0 saturated carbocycles. The molecule has 0 saturated heterocycles. The highest BCUT2D eigenvalue weighted by molar-refractivity contribution is 5.91. The van der Waals surface area contributed by atoms with Crippen molar-refractivity contribution in [2.45, 2.75) is 138 Å². The second-order valence-corrected chi connectivity index (χ2v) is 29.6. The third-order valence-corrected chi connectivity index (χ3v) is 19.2. The summed E-state index contributed by atoms with van der Waals surface area (Å²) in [6.45, 7) is 22.4. The molecule has 0 bridgehead atoms. The molecule has 0 aliphatic rings. The van der Waals surface area contributed by atoms with Gasteiger partial charge in [-0.05, 0) is 295 Å². The Bertz CT molecular complexity index is 5300. The molecule has 0 heterocycles. The lowest BCUT2D eigenvalue weighted by atomic mass is 9.91. The summed E-state index contributed by atoms with van der Waals surface area (Å²) in [5.41, 5.74) is 6.51. The van der Waals surface area contributed by atoms with Crippen LogP contribution < -0.4 is 47.4 Å². The van der Waals surface area contributed by atoms with Crippen LogP contribution in [0.1, 0.15) is 172 Å². The van der Waals surface area contributed by atoms with Gasteiger partial charge in [0.1, 0.15) is 57.5 Å². The number of ether oxygens (including phenoxy) is 10. The van der Waals surface area contributed by atoms with E-state index in [-0.39, 0.29) is 53.6 Å². The minimum atomic E-state index is -0.559. The zero-order valence-electron chi connectivity index (χ0n) is 69.8. The molecule has 0 spiro atoms. The molecule has 648 valence electrons. The van der Waals surface area contributed by atoms with Crippen molar-refractivity contribution in [2.75, 3.05) is 14.2 Å². The van der Waals surface area contributed by atoms with Crippen LogP contribution in [-0.4, -0.2) is 62.0 Å². The van der Waals surface area contributed by atoms with Gasteiger partial charge in [-0.25, -0.2) is 19.2 Å². The fourth-order valence-electron chi connectivity index (χ4n) is 9.60. The van der Waals surface area contributed by atoms with E-state index in [1.165, 1.54) is 24.3 Å². The molecule has 0 aliphatic heterocycles. The van der Waals surface area contributed by atoms with Crippen molar-refractivity contribution in [3.8, 4) is 91.9 Å². The first-order valence-corrected chi connectivity index (χ1v) is 38.7. The van der Waals surface area contributed by atoms with Crippen LogP contribution in [0.4, 0.5) is 0 Å². The number of hydrogen-bond acceptors (Lipinski definition) is 20. The minimum absolute atomic E-state index is 0. The van der Waals surface area contributed by atoms with Gasteiger partial charge in [-0.15, -0.1) is 0 Å². The molecule has 0 radical (unpaired) electrons. The van der Waals surface area contributed by atoms with Gasteiger partial charge in [0.25, 0.3) is 0 Å². The Balaban J connectivity index is 0.000000424. The van der Waals surface area contributed by atoms with Crippen molar-refractivity contribution in [1.29, 1.82) is 10.5 Å². The first-order valence-electron chi connectivity index (χ1n) is 38.7. The lowest BCUT2D eigenvalue weighted by molar-refractivity contribution is -0.144. The van der Waals surface area contributed by atoms with Crippen LogP contribution in [0.3, 0.4) is 0 Å². The van der Waals surface area contributed by atoms with Crippen LogP contribution in [0.2, 0.25) is 0 Å². The van der Waals surface area contributed by atoms with E-state index in [0.717, 1.165) is 56.0 Å². The summed E-state index contributed by atoms with van der Waals surface area (Å²) in [6.07, 6.45) is 14.7. The first kappa shape index (κ1) is 104. The van der Waals surface area contributed by atoms with E-state index < -0.39 is 45.5 Å². The molecular formula is C104H114N2O18. The van der Waals surface area contributed by atoms with Gasteiger partial charge < -0.3 is 47.4 Å². The fourth-order valence-corrected chi connectivity index (χ4v) is 9.60. The highest BCUT2D eigenvalue weighted by Crippen LogP contribution is 2.32. The van der Waals surface area contributed by atoms with E-state index in [0.29, 0.717) is 82.8 Å². The summed E-state index contributed by atoms with van der Waals surface area (Å²) in [5, 5.41) is 17.7.